The van der Waals surface area contributed by atoms with Crippen LogP contribution >= 0.6 is 23.5 Å². The number of benzene rings is 4. The molecule has 0 radical (unpaired) electrons. The third-order valence-corrected chi connectivity index (χ3v) is 7.37. The first-order valence-electron chi connectivity index (χ1n) is 10.3. The predicted molar refractivity (Wildman–Crippen MR) is 135 cm³/mol. The van der Waals surface area contributed by atoms with Crippen molar-refractivity contribution >= 4 is 29.2 Å². The van der Waals surface area contributed by atoms with Crippen molar-refractivity contribution in [2.75, 3.05) is 12.4 Å². The Hall–Kier alpha value is -3.21. The Kier molecular flexibility index (Phi) is 7.38. The van der Waals surface area contributed by atoms with Crippen LogP contribution in [0.2, 0.25) is 0 Å². The lowest BCUT2D eigenvalue weighted by atomic mass is 10.2. The smallest absolute Gasteiger partial charge is 0.457 e. The Morgan fingerprint density at radius 2 is 1.21 bits per heavy atom. The first-order valence-corrected chi connectivity index (χ1v) is 12.7. The maximum absolute atomic E-state index is 14.5. The van der Waals surface area contributed by atoms with E-state index in [4.69, 9.17) is 13.8 Å². The van der Waals surface area contributed by atoms with Gasteiger partial charge in [0.05, 0.1) is 7.11 Å². The Bertz CT molecular complexity index is 1160. The van der Waals surface area contributed by atoms with Crippen molar-refractivity contribution in [3.8, 4) is 17.2 Å². The molecule has 0 bridgehead atoms. The third kappa shape index (κ3) is 5.98. The molecule has 0 aliphatic heterocycles. The molecule has 4 aromatic rings. The fourth-order valence-corrected chi connectivity index (χ4v) is 5.40. The van der Waals surface area contributed by atoms with Crippen molar-refractivity contribution in [2.24, 2.45) is 0 Å². The lowest BCUT2D eigenvalue weighted by Gasteiger charge is -2.29. The number of para-hydroxylation sites is 2. The number of ether oxygens (including phenoxy) is 1. The molecule has 0 heterocycles. The number of rotatable bonds is 9. The van der Waals surface area contributed by atoms with E-state index in [-0.39, 0.29) is 0 Å². The molecule has 0 unspecified atom stereocenters. The highest BCUT2D eigenvalue weighted by Crippen LogP contribution is 2.60. The molecule has 7 heteroatoms. The molecule has 168 valence electrons. The van der Waals surface area contributed by atoms with Gasteiger partial charge in [0.2, 0.25) is 0 Å². The van der Waals surface area contributed by atoms with Crippen molar-refractivity contribution in [1.29, 1.82) is 0 Å². The molecular weight excluding hydrogens is 501 g/mol. The molecule has 33 heavy (non-hydrogen) atoms. The van der Waals surface area contributed by atoms with E-state index in [1.165, 1.54) is 0 Å². The van der Waals surface area contributed by atoms with Crippen molar-refractivity contribution in [3.63, 3.8) is 0 Å². The van der Waals surface area contributed by atoms with E-state index in [2.05, 4.69) is 21.2 Å². The van der Waals surface area contributed by atoms with Crippen LogP contribution in [-0.4, -0.2) is 7.11 Å². The summed E-state index contributed by atoms with van der Waals surface area (Å²) in [5, 5.41) is 3.37. The van der Waals surface area contributed by atoms with Crippen molar-refractivity contribution < 1.29 is 18.3 Å². The highest BCUT2D eigenvalue weighted by atomic mass is 79.9. The number of methoxy groups -OCH3 is 1. The average molecular weight is 524 g/mol. The maximum atomic E-state index is 14.5. The van der Waals surface area contributed by atoms with E-state index >= 15 is 0 Å². The highest BCUT2D eigenvalue weighted by Gasteiger charge is 2.41. The van der Waals surface area contributed by atoms with Gasteiger partial charge in [0.25, 0.3) is 0 Å². The van der Waals surface area contributed by atoms with Gasteiger partial charge in [-0.15, -0.1) is 0 Å². The highest BCUT2D eigenvalue weighted by molar-refractivity contribution is 9.10. The zero-order valence-corrected chi connectivity index (χ0v) is 20.4. The molecule has 0 aromatic heterocycles. The number of halogens is 1. The molecular formula is C26H23BrNO4P. The minimum Gasteiger partial charge on any atom is -0.497 e. The van der Waals surface area contributed by atoms with E-state index in [1.807, 2.05) is 84.9 Å². The molecule has 0 saturated carbocycles. The monoisotopic (exact) mass is 523 g/mol. The molecule has 4 rings (SSSR count). The van der Waals surface area contributed by atoms with Crippen molar-refractivity contribution in [3.05, 3.63) is 119 Å². The molecule has 0 saturated heterocycles. The van der Waals surface area contributed by atoms with E-state index in [9.17, 15) is 4.57 Å². The van der Waals surface area contributed by atoms with Crippen molar-refractivity contribution in [2.45, 2.75) is 5.78 Å². The van der Waals surface area contributed by atoms with Gasteiger partial charge >= 0.3 is 7.60 Å². The van der Waals surface area contributed by atoms with Gasteiger partial charge in [-0.25, -0.2) is 4.57 Å². The Labute approximate surface area is 202 Å². The van der Waals surface area contributed by atoms with Gasteiger partial charge in [-0.05, 0) is 66.2 Å². The first kappa shape index (κ1) is 23.0. The van der Waals surface area contributed by atoms with Crippen LogP contribution < -0.4 is 19.1 Å². The second-order valence-electron chi connectivity index (χ2n) is 7.18. The fourth-order valence-electron chi connectivity index (χ4n) is 3.22. The summed E-state index contributed by atoms with van der Waals surface area (Å²) in [4.78, 5) is 0. The number of nitrogens with one attached hydrogen (secondary N) is 1. The second-order valence-corrected chi connectivity index (χ2v) is 10.1. The van der Waals surface area contributed by atoms with Crippen LogP contribution in [0.15, 0.2) is 114 Å². The minimum atomic E-state index is -3.86. The molecule has 1 atom stereocenters. The van der Waals surface area contributed by atoms with Crippen LogP contribution in [0.3, 0.4) is 0 Å². The first-order chi connectivity index (χ1) is 16.1. The molecule has 5 nitrogen and oxygen atoms in total. The number of hydrogen-bond donors (Lipinski definition) is 1. The van der Waals surface area contributed by atoms with Gasteiger partial charge in [-0.1, -0.05) is 64.5 Å². The van der Waals surface area contributed by atoms with Gasteiger partial charge < -0.3 is 19.1 Å². The van der Waals surface area contributed by atoms with Gasteiger partial charge in [-0.3, -0.25) is 0 Å². The van der Waals surface area contributed by atoms with Crippen LogP contribution in [0.5, 0.6) is 17.2 Å². The summed E-state index contributed by atoms with van der Waals surface area (Å²) in [6, 6.07) is 33.0. The fraction of sp³-hybridized carbons (Fsp3) is 0.0769. The summed E-state index contributed by atoms with van der Waals surface area (Å²) in [5.74, 6) is 0.801. The predicted octanol–water partition coefficient (Wildman–Crippen LogP) is 7.92. The van der Waals surface area contributed by atoms with E-state index in [0.29, 0.717) is 17.2 Å². The van der Waals surface area contributed by atoms with Crippen LogP contribution in [0, 0.1) is 0 Å². The normalized spacial score (nSPS) is 11.9. The summed E-state index contributed by atoms with van der Waals surface area (Å²) >= 11 is 3.45. The molecule has 0 fully saturated rings. The Morgan fingerprint density at radius 3 is 1.70 bits per heavy atom. The largest absolute Gasteiger partial charge is 0.497 e. The third-order valence-electron chi connectivity index (χ3n) is 4.85. The standard InChI is InChI=1S/C26H23BrNO4P/c1-30-23-18-12-20(13-19-23)26(28-22-16-14-21(27)15-17-22)33(29,31-24-8-4-2-5-9-24)32-25-10-6-3-7-11-25/h2-19,26,28H,1H3/t26-/m0/s1. The quantitative estimate of drug-likeness (QED) is 0.226. The zero-order chi connectivity index (χ0) is 23.1. The summed E-state index contributed by atoms with van der Waals surface area (Å²) < 4.78 is 33.0. The molecule has 0 amide bonds. The zero-order valence-electron chi connectivity index (χ0n) is 17.9. The maximum Gasteiger partial charge on any atom is 0.457 e. The SMILES string of the molecule is COc1ccc([C@@H](Nc2ccc(Br)cc2)P(=O)(Oc2ccccc2)Oc2ccccc2)cc1. The van der Waals surface area contributed by atoms with Crippen LogP contribution in [-0.2, 0) is 4.57 Å². The summed E-state index contributed by atoms with van der Waals surface area (Å²) in [7, 11) is -2.25. The molecule has 4 aromatic carbocycles. The lowest BCUT2D eigenvalue weighted by molar-refractivity contribution is 0.376. The van der Waals surface area contributed by atoms with Gasteiger partial charge in [-0.2, -0.15) is 0 Å². The van der Waals surface area contributed by atoms with Gasteiger partial charge in [0, 0.05) is 10.2 Å². The summed E-state index contributed by atoms with van der Waals surface area (Å²) in [6.45, 7) is 0. The van der Waals surface area contributed by atoms with E-state index in [0.717, 1.165) is 15.7 Å². The van der Waals surface area contributed by atoms with E-state index < -0.39 is 13.4 Å². The Morgan fingerprint density at radius 1 is 0.697 bits per heavy atom. The van der Waals surface area contributed by atoms with Crippen molar-refractivity contribution in [1.82, 2.24) is 0 Å². The topological polar surface area (TPSA) is 56.8 Å². The number of anilines is 1. The molecule has 0 aliphatic rings. The second kappa shape index (κ2) is 10.6. The lowest BCUT2D eigenvalue weighted by Crippen LogP contribution is -2.18. The van der Waals surface area contributed by atoms with Gasteiger partial charge in [0.1, 0.15) is 17.2 Å². The number of hydrogen-bond acceptors (Lipinski definition) is 5. The molecule has 0 aliphatic carbocycles. The minimum absolute atomic E-state index is 0.452. The van der Waals surface area contributed by atoms with Gasteiger partial charge in [0.15, 0.2) is 5.78 Å². The van der Waals surface area contributed by atoms with Crippen LogP contribution in [0.4, 0.5) is 5.69 Å². The van der Waals surface area contributed by atoms with Crippen LogP contribution in [0.1, 0.15) is 11.3 Å². The summed E-state index contributed by atoms with van der Waals surface area (Å²) in [5.41, 5.74) is 1.50. The Balaban J connectivity index is 1.79. The van der Waals surface area contributed by atoms with E-state index in [1.54, 1.807) is 31.4 Å². The molecule has 1 N–H and O–H groups in total. The average Bonchev–Trinajstić information content (AvgIpc) is 2.85. The molecule has 0 spiro atoms. The van der Waals surface area contributed by atoms with Crippen LogP contribution in [0.25, 0.3) is 0 Å². The summed E-state index contributed by atoms with van der Waals surface area (Å²) in [6.07, 6.45) is 0.